The van der Waals surface area contributed by atoms with Crippen molar-refractivity contribution in [2.75, 3.05) is 13.2 Å². The summed E-state index contributed by atoms with van der Waals surface area (Å²) in [4.78, 5) is 0.754. The molecule has 114 valence electrons. The highest BCUT2D eigenvalue weighted by Crippen LogP contribution is 2.29. The first-order valence-corrected chi connectivity index (χ1v) is 8.55. The molecule has 21 heavy (non-hydrogen) atoms. The molecule has 1 unspecified atom stereocenters. The fourth-order valence-electron chi connectivity index (χ4n) is 2.38. The quantitative estimate of drug-likeness (QED) is 0.782. The van der Waals surface area contributed by atoms with Crippen LogP contribution >= 0.6 is 0 Å². The lowest BCUT2D eigenvalue weighted by Gasteiger charge is -2.25. The molecule has 0 N–H and O–H groups in total. The Hall–Kier alpha value is -1.15. The summed E-state index contributed by atoms with van der Waals surface area (Å²) in [5.41, 5.74) is 1.15. The molecule has 2 rings (SSSR count). The van der Waals surface area contributed by atoms with Crippen LogP contribution in [0.1, 0.15) is 38.2 Å². The maximum Gasteiger partial charge on any atom is 0.169 e. The Morgan fingerprint density at radius 2 is 1.86 bits per heavy atom. The first-order chi connectivity index (χ1) is 10.2. The lowest BCUT2D eigenvalue weighted by Crippen LogP contribution is -2.29. The Balaban J connectivity index is 1.88. The average molecular weight is 306 g/mol. The summed E-state index contributed by atoms with van der Waals surface area (Å²) in [5.74, 6) is 2.53. The van der Waals surface area contributed by atoms with Gasteiger partial charge in [0.25, 0.3) is 0 Å². The lowest BCUT2D eigenvalue weighted by molar-refractivity contribution is -0.165. The fraction of sp³-hybridized carbons (Fsp3) is 0.529. The fourth-order valence-corrected chi connectivity index (χ4v) is 3.12. The normalized spacial score (nSPS) is 18.0. The van der Waals surface area contributed by atoms with E-state index in [9.17, 15) is 4.21 Å². The smallest absolute Gasteiger partial charge is 0.169 e. The molecule has 0 radical (unpaired) electrons. The van der Waals surface area contributed by atoms with Gasteiger partial charge >= 0.3 is 0 Å². The van der Waals surface area contributed by atoms with Gasteiger partial charge in [-0.2, -0.15) is 0 Å². The van der Waals surface area contributed by atoms with E-state index < -0.39 is 16.6 Å². The van der Waals surface area contributed by atoms with Crippen LogP contribution in [0.5, 0.6) is 0 Å². The zero-order valence-electron chi connectivity index (χ0n) is 12.7. The third-order valence-corrected chi connectivity index (χ3v) is 4.51. The van der Waals surface area contributed by atoms with Crippen molar-refractivity contribution in [3.05, 3.63) is 29.8 Å². The molecule has 1 aliphatic heterocycles. The number of benzene rings is 1. The predicted octanol–water partition coefficient (Wildman–Crippen LogP) is 3.39. The topological polar surface area (TPSA) is 35.5 Å². The Kier molecular flexibility index (Phi) is 5.98. The van der Waals surface area contributed by atoms with Crippen LogP contribution in [-0.4, -0.2) is 23.2 Å². The molecule has 3 nitrogen and oxygen atoms in total. The molecule has 0 spiro atoms. The van der Waals surface area contributed by atoms with E-state index in [1.807, 2.05) is 31.2 Å². The van der Waals surface area contributed by atoms with E-state index >= 15 is 0 Å². The van der Waals surface area contributed by atoms with Gasteiger partial charge in [-0.05, 0) is 19.1 Å². The molecule has 0 amide bonds. The highest BCUT2D eigenvalue weighted by Gasteiger charge is 2.34. The van der Waals surface area contributed by atoms with E-state index in [2.05, 4.69) is 18.1 Å². The summed E-state index contributed by atoms with van der Waals surface area (Å²) in [6.07, 6.45) is 3.27. The number of hydrogen-bond donors (Lipinski definition) is 0. The highest BCUT2D eigenvalue weighted by atomic mass is 32.2. The van der Waals surface area contributed by atoms with Crippen LogP contribution in [0.4, 0.5) is 0 Å². The van der Waals surface area contributed by atoms with Crippen LogP contribution in [0.3, 0.4) is 0 Å². The van der Waals surface area contributed by atoms with Crippen molar-refractivity contribution in [1.82, 2.24) is 0 Å². The number of aryl methyl sites for hydroxylation is 1. The maximum absolute atomic E-state index is 12.0. The van der Waals surface area contributed by atoms with Gasteiger partial charge in [0.15, 0.2) is 5.79 Å². The van der Waals surface area contributed by atoms with Gasteiger partial charge in [-0.3, -0.25) is 0 Å². The average Bonchev–Trinajstić information content (AvgIpc) is 2.93. The van der Waals surface area contributed by atoms with E-state index in [-0.39, 0.29) is 0 Å². The molecule has 0 aromatic heterocycles. The van der Waals surface area contributed by atoms with Crippen LogP contribution in [0.25, 0.3) is 0 Å². The summed E-state index contributed by atoms with van der Waals surface area (Å²) in [5, 5.41) is 2.81. The lowest BCUT2D eigenvalue weighted by atomic mass is 10.1. The SMILES string of the molecule is CCCC1(CCC#CS(=O)c2ccc(C)cc2)OCCO1. The molecular formula is C17H22O3S. The standard InChI is InChI=1S/C17H22O3S/c1-3-10-17(19-12-13-20-17)11-4-5-14-21(18)16-8-6-15(2)7-9-16/h6-9H,3-4,10-13H2,1-2H3. The number of hydrogen-bond acceptors (Lipinski definition) is 3. The van der Waals surface area contributed by atoms with Crippen molar-refractivity contribution < 1.29 is 13.7 Å². The highest BCUT2D eigenvalue weighted by molar-refractivity contribution is 7.89. The summed E-state index contributed by atoms with van der Waals surface area (Å²) in [6.45, 7) is 5.43. The molecule has 1 aromatic carbocycles. The first kappa shape index (κ1) is 16.2. The Morgan fingerprint density at radius 1 is 1.19 bits per heavy atom. The van der Waals surface area contributed by atoms with Gasteiger partial charge in [-0.15, -0.1) is 0 Å². The second-order valence-electron chi connectivity index (χ2n) is 5.22. The predicted molar refractivity (Wildman–Crippen MR) is 84.1 cm³/mol. The van der Waals surface area contributed by atoms with Crippen molar-refractivity contribution in [3.8, 4) is 11.2 Å². The third-order valence-electron chi connectivity index (χ3n) is 3.48. The van der Waals surface area contributed by atoms with Gasteiger partial charge in [-0.25, -0.2) is 4.21 Å². The largest absolute Gasteiger partial charge is 0.348 e. The Morgan fingerprint density at radius 3 is 2.48 bits per heavy atom. The minimum Gasteiger partial charge on any atom is -0.348 e. The van der Waals surface area contributed by atoms with Crippen molar-refractivity contribution >= 4 is 10.8 Å². The van der Waals surface area contributed by atoms with Gasteiger partial charge < -0.3 is 9.47 Å². The second kappa shape index (κ2) is 7.74. The van der Waals surface area contributed by atoms with Crippen LogP contribution in [0.2, 0.25) is 0 Å². The van der Waals surface area contributed by atoms with Crippen LogP contribution < -0.4 is 0 Å². The molecule has 0 bridgehead atoms. The van der Waals surface area contributed by atoms with Crippen molar-refractivity contribution in [2.45, 2.75) is 50.2 Å². The second-order valence-corrected chi connectivity index (χ2v) is 6.43. The summed E-state index contributed by atoms with van der Waals surface area (Å²) < 4.78 is 23.5. The zero-order valence-corrected chi connectivity index (χ0v) is 13.5. The summed E-state index contributed by atoms with van der Waals surface area (Å²) in [6, 6.07) is 7.63. The molecule has 1 fully saturated rings. The molecule has 1 saturated heterocycles. The van der Waals surface area contributed by atoms with E-state index in [0.29, 0.717) is 19.6 Å². The Labute approximate surface area is 129 Å². The van der Waals surface area contributed by atoms with Crippen LogP contribution in [0.15, 0.2) is 29.2 Å². The molecule has 0 saturated carbocycles. The monoisotopic (exact) mass is 306 g/mol. The third kappa shape index (κ3) is 4.67. The van der Waals surface area contributed by atoms with Crippen molar-refractivity contribution in [1.29, 1.82) is 0 Å². The van der Waals surface area contributed by atoms with Crippen molar-refractivity contribution in [3.63, 3.8) is 0 Å². The van der Waals surface area contributed by atoms with Crippen LogP contribution in [0, 0.1) is 18.1 Å². The van der Waals surface area contributed by atoms with Crippen molar-refractivity contribution in [2.24, 2.45) is 0 Å². The number of ether oxygens (including phenoxy) is 2. The van der Waals surface area contributed by atoms with Crippen LogP contribution in [-0.2, 0) is 20.3 Å². The molecule has 4 heteroatoms. The summed E-state index contributed by atoms with van der Waals surface area (Å²) in [7, 11) is -1.25. The number of rotatable bonds is 5. The first-order valence-electron chi connectivity index (χ1n) is 7.40. The zero-order chi connectivity index (χ0) is 15.1. The van der Waals surface area contributed by atoms with Gasteiger partial charge in [-0.1, -0.05) is 37.0 Å². The maximum atomic E-state index is 12.0. The van der Waals surface area contributed by atoms with E-state index in [1.165, 1.54) is 0 Å². The molecule has 1 atom stereocenters. The molecule has 1 aliphatic rings. The molecule has 0 aliphatic carbocycles. The van der Waals surface area contributed by atoms with E-state index in [0.717, 1.165) is 29.7 Å². The van der Waals surface area contributed by atoms with E-state index in [1.54, 1.807) is 0 Å². The van der Waals surface area contributed by atoms with Gasteiger partial charge in [0.1, 0.15) is 10.8 Å². The minimum absolute atomic E-state index is 0.464. The van der Waals surface area contributed by atoms with Gasteiger partial charge in [0.2, 0.25) is 0 Å². The van der Waals surface area contributed by atoms with Gasteiger partial charge in [0.05, 0.1) is 18.1 Å². The summed E-state index contributed by atoms with van der Waals surface area (Å²) >= 11 is 0. The minimum atomic E-state index is -1.25. The molecule has 1 heterocycles. The Bertz CT molecular complexity index is 533. The van der Waals surface area contributed by atoms with Gasteiger partial charge in [0, 0.05) is 24.5 Å². The van der Waals surface area contributed by atoms with E-state index in [4.69, 9.17) is 9.47 Å². The molecule has 1 aromatic rings. The molecular weight excluding hydrogens is 284 g/mol.